The van der Waals surface area contributed by atoms with Gasteiger partial charge in [0.2, 0.25) is 0 Å². The van der Waals surface area contributed by atoms with Crippen LogP contribution in [0.25, 0.3) is 32.7 Å². The number of phenolic OH excluding ortho intramolecular Hbond substituents is 2. The number of unbranched alkanes of at least 4 members (excludes halogenated alkanes) is 2. The van der Waals surface area contributed by atoms with Crippen LogP contribution in [-0.4, -0.2) is 10.2 Å². The summed E-state index contributed by atoms with van der Waals surface area (Å²) < 4.78 is 0. The molecule has 0 spiro atoms. The fourth-order valence-corrected chi connectivity index (χ4v) is 3.88. The molecule has 0 bridgehead atoms. The zero-order valence-corrected chi connectivity index (χ0v) is 15.6. The average Bonchev–Trinajstić information content (AvgIpc) is 2.68. The van der Waals surface area contributed by atoms with Crippen molar-refractivity contribution in [3.8, 4) is 22.6 Å². The molecular weight excluding hydrogens is 332 g/mol. The fraction of sp³-hybridized carbons (Fsp3) is 0.200. The molecule has 27 heavy (non-hydrogen) atoms. The van der Waals surface area contributed by atoms with E-state index in [-0.39, 0.29) is 11.5 Å². The third-order valence-corrected chi connectivity index (χ3v) is 5.27. The van der Waals surface area contributed by atoms with Gasteiger partial charge in [0.15, 0.2) is 0 Å². The van der Waals surface area contributed by atoms with Gasteiger partial charge in [0.05, 0.1) is 0 Å². The Bertz CT molecular complexity index is 1110. The first-order valence-corrected chi connectivity index (χ1v) is 9.64. The molecule has 0 aromatic heterocycles. The van der Waals surface area contributed by atoms with Gasteiger partial charge in [0.1, 0.15) is 11.5 Å². The predicted molar refractivity (Wildman–Crippen MR) is 113 cm³/mol. The maximum absolute atomic E-state index is 10.5. The molecule has 0 aliphatic rings. The maximum Gasteiger partial charge on any atom is 0.123 e. The Morgan fingerprint density at radius 2 is 1.52 bits per heavy atom. The lowest BCUT2D eigenvalue weighted by Gasteiger charge is -2.16. The normalized spacial score (nSPS) is 11.3. The number of hydrogen-bond acceptors (Lipinski definition) is 2. The molecule has 0 atom stereocenters. The highest BCUT2D eigenvalue weighted by atomic mass is 16.3. The highest BCUT2D eigenvalue weighted by Gasteiger charge is 2.15. The van der Waals surface area contributed by atoms with Gasteiger partial charge >= 0.3 is 0 Å². The molecule has 4 aromatic carbocycles. The van der Waals surface area contributed by atoms with Gasteiger partial charge in [-0.2, -0.15) is 0 Å². The lowest BCUT2D eigenvalue weighted by molar-refractivity contribution is 0.462. The predicted octanol–water partition coefficient (Wildman–Crippen LogP) is 6.80. The minimum Gasteiger partial charge on any atom is -0.508 e. The first kappa shape index (κ1) is 17.4. The van der Waals surface area contributed by atoms with Crippen molar-refractivity contribution in [2.75, 3.05) is 0 Å². The molecule has 0 heterocycles. The van der Waals surface area contributed by atoms with E-state index in [4.69, 9.17) is 0 Å². The number of rotatable bonds is 5. The summed E-state index contributed by atoms with van der Waals surface area (Å²) in [6, 6.07) is 21.8. The van der Waals surface area contributed by atoms with Gasteiger partial charge in [0, 0.05) is 5.56 Å². The molecule has 136 valence electrons. The number of hydrogen-bond donors (Lipinski definition) is 2. The van der Waals surface area contributed by atoms with Crippen LogP contribution in [-0.2, 0) is 6.42 Å². The Morgan fingerprint density at radius 1 is 0.741 bits per heavy atom. The van der Waals surface area contributed by atoms with Crippen LogP contribution in [0, 0.1) is 0 Å². The van der Waals surface area contributed by atoms with Gasteiger partial charge in [-0.05, 0) is 75.8 Å². The topological polar surface area (TPSA) is 40.5 Å². The van der Waals surface area contributed by atoms with Gasteiger partial charge in [-0.25, -0.2) is 0 Å². The Hall–Kier alpha value is -3.00. The molecule has 0 radical (unpaired) electrons. The van der Waals surface area contributed by atoms with Gasteiger partial charge in [0.25, 0.3) is 0 Å². The lowest BCUT2D eigenvalue weighted by atomic mass is 9.89. The Labute approximate surface area is 159 Å². The van der Waals surface area contributed by atoms with Gasteiger partial charge in [-0.1, -0.05) is 56.2 Å². The third-order valence-electron chi connectivity index (χ3n) is 5.27. The Balaban J connectivity index is 2.01. The second-order valence-corrected chi connectivity index (χ2v) is 7.18. The first-order valence-electron chi connectivity index (χ1n) is 9.64. The van der Waals surface area contributed by atoms with Crippen molar-refractivity contribution in [2.24, 2.45) is 0 Å². The second kappa shape index (κ2) is 7.32. The SMILES string of the molecule is CCCCCc1ccc2cc3ccccc3cc2c1-c1cc(O)ccc1O. The van der Waals surface area contributed by atoms with Crippen molar-refractivity contribution in [3.63, 3.8) is 0 Å². The molecule has 0 aliphatic carbocycles. The molecule has 0 saturated carbocycles. The first-order chi connectivity index (χ1) is 13.2. The summed E-state index contributed by atoms with van der Waals surface area (Å²) in [5, 5.41) is 25.2. The van der Waals surface area contributed by atoms with Gasteiger partial charge in [-0.15, -0.1) is 0 Å². The molecule has 0 fully saturated rings. The Kier molecular flexibility index (Phi) is 4.72. The van der Waals surface area contributed by atoms with E-state index in [2.05, 4.69) is 49.4 Å². The molecule has 0 saturated heterocycles. The zero-order valence-electron chi connectivity index (χ0n) is 15.6. The molecule has 2 heteroatoms. The van der Waals surface area contributed by atoms with Gasteiger partial charge < -0.3 is 10.2 Å². The van der Waals surface area contributed by atoms with Crippen molar-refractivity contribution >= 4 is 21.5 Å². The van der Waals surface area contributed by atoms with Crippen LogP contribution in [0.5, 0.6) is 11.5 Å². The van der Waals surface area contributed by atoms with Gasteiger partial charge in [-0.3, -0.25) is 0 Å². The minimum absolute atomic E-state index is 0.167. The second-order valence-electron chi connectivity index (χ2n) is 7.18. The summed E-state index contributed by atoms with van der Waals surface area (Å²) in [5.74, 6) is 0.366. The molecule has 4 aromatic rings. The van der Waals surface area contributed by atoms with E-state index in [1.807, 2.05) is 6.07 Å². The molecule has 0 unspecified atom stereocenters. The molecular formula is C25H24O2. The third kappa shape index (κ3) is 3.35. The highest BCUT2D eigenvalue weighted by molar-refractivity contribution is 6.06. The van der Waals surface area contributed by atoms with Crippen LogP contribution in [0.1, 0.15) is 31.7 Å². The summed E-state index contributed by atoms with van der Waals surface area (Å²) in [6.07, 6.45) is 4.43. The number of aromatic hydroxyl groups is 2. The van der Waals surface area contributed by atoms with Crippen molar-refractivity contribution in [2.45, 2.75) is 32.6 Å². The van der Waals surface area contributed by atoms with E-state index in [1.54, 1.807) is 12.1 Å². The lowest BCUT2D eigenvalue weighted by Crippen LogP contribution is -1.94. The fourth-order valence-electron chi connectivity index (χ4n) is 3.88. The smallest absolute Gasteiger partial charge is 0.123 e. The monoisotopic (exact) mass is 356 g/mol. The largest absolute Gasteiger partial charge is 0.508 e. The van der Waals surface area contributed by atoms with Crippen molar-refractivity contribution < 1.29 is 10.2 Å². The summed E-state index contributed by atoms with van der Waals surface area (Å²) in [6.45, 7) is 2.20. The molecule has 0 aliphatic heterocycles. The maximum atomic E-state index is 10.5. The molecule has 4 rings (SSSR count). The van der Waals surface area contributed by atoms with E-state index >= 15 is 0 Å². The van der Waals surface area contributed by atoms with E-state index < -0.39 is 0 Å². The number of benzene rings is 4. The van der Waals surface area contributed by atoms with Crippen molar-refractivity contribution in [1.29, 1.82) is 0 Å². The van der Waals surface area contributed by atoms with Crippen LogP contribution < -0.4 is 0 Å². The van der Waals surface area contributed by atoms with E-state index in [0.29, 0.717) is 5.56 Å². The van der Waals surface area contributed by atoms with Crippen LogP contribution in [0.4, 0.5) is 0 Å². The van der Waals surface area contributed by atoms with Crippen LogP contribution >= 0.6 is 0 Å². The summed E-state index contributed by atoms with van der Waals surface area (Å²) in [7, 11) is 0. The van der Waals surface area contributed by atoms with Crippen molar-refractivity contribution in [1.82, 2.24) is 0 Å². The summed E-state index contributed by atoms with van der Waals surface area (Å²) in [4.78, 5) is 0. The number of phenols is 2. The zero-order chi connectivity index (χ0) is 18.8. The van der Waals surface area contributed by atoms with Crippen LogP contribution in [0.2, 0.25) is 0 Å². The number of fused-ring (bicyclic) bond motifs is 2. The van der Waals surface area contributed by atoms with E-state index in [1.165, 1.54) is 35.2 Å². The number of aryl methyl sites for hydroxylation is 1. The minimum atomic E-state index is 0.167. The molecule has 0 amide bonds. The van der Waals surface area contributed by atoms with Crippen LogP contribution in [0.3, 0.4) is 0 Å². The van der Waals surface area contributed by atoms with E-state index in [9.17, 15) is 10.2 Å². The molecule has 2 nitrogen and oxygen atoms in total. The standard InChI is InChI=1S/C25H24O2/c1-2-3-4-7-17-10-11-20-14-18-8-5-6-9-19(18)15-22(20)25(17)23-16-21(26)12-13-24(23)27/h5-6,8-16,26-27H,2-4,7H2,1H3. The Morgan fingerprint density at radius 3 is 2.30 bits per heavy atom. The molecule has 2 N–H and O–H groups in total. The average molecular weight is 356 g/mol. The van der Waals surface area contributed by atoms with Crippen LogP contribution in [0.15, 0.2) is 66.7 Å². The summed E-state index contributed by atoms with van der Waals surface area (Å²) in [5.41, 5.74) is 2.94. The summed E-state index contributed by atoms with van der Waals surface area (Å²) >= 11 is 0. The quantitative estimate of drug-likeness (QED) is 0.234. The highest BCUT2D eigenvalue weighted by Crippen LogP contribution is 2.40. The van der Waals surface area contributed by atoms with Crippen molar-refractivity contribution in [3.05, 3.63) is 72.3 Å². The van der Waals surface area contributed by atoms with E-state index in [0.717, 1.165) is 29.2 Å².